The molecule has 2 N–H and O–H groups in total. The summed E-state index contributed by atoms with van der Waals surface area (Å²) in [6.07, 6.45) is 0. The molecule has 124 valence electrons. The number of carbonyl (C=O) groups excluding carboxylic acids is 2. The van der Waals surface area contributed by atoms with Crippen molar-refractivity contribution >= 4 is 29.3 Å². The van der Waals surface area contributed by atoms with Gasteiger partial charge in [-0.1, -0.05) is 17.7 Å². The number of nitrogens with zero attached hydrogens (tertiary/aromatic N) is 1. The predicted molar refractivity (Wildman–Crippen MR) is 89.5 cm³/mol. The molecule has 0 fully saturated rings. The van der Waals surface area contributed by atoms with E-state index in [0.717, 1.165) is 11.3 Å². The Bertz CT molecular complexity index is 671. The van der Waals surface area contributed by atoms with E-state index < -0.39 is 18.0 Å². The summed E-state index contributed by atoms with van der Waals surface area (Å²) in [7, 11) is 3.84. The van der Waals surface area contributed by atoms with E-state index in [9.17, 15) is 9.59 Å². The first-order chi connectivity index (χ1) is 10.8. The van der Waals surface area contributed by atoms with Crippen LogP contribution in [0, 0.1) is 0 Å². The molecule has 1 heterocycles. The first kappa shape index (κ1) is 17.1. The van der Waals surface area contributed by atoms with E-state index in [1.165, 1.54) is 0 Å². The molecule has 6 nitrogen and oxygen atoms in total. The standard InChI is InChI=1S/C16H20ClN3O3/c1-5-23-15(21)14-9(2)13(18-16(22)19-14)11-7-6-10(20(3)4)8-12(11)17/h6-8,13H,5H2,1-4H3,(H2,18,19,22). The molecular formula is C16H20ClN3O3. The van der Waals surface area contributed by atoms with Gasteiger partial charge in [0.05, 0.1) is 12.6 Å². The molecule has 0 aliphatic carbocycles. The molecule has 7 heteroatoms. The van der Waals surface area contributed by atoms with E-state index in [2.05, 4.69) is 10.6 Å². The van der Waals surface area contributed by atoms with E-state index in [0.29, 0.717) is 10.6 Å². The van der Waals surface area contributed by atoms with Gasteiger partial charge >= 0.3 is 12.0 Å². The number of ether oxygens (including phenoxy) is 1. The largest absolute Gasteiger partial charge is 0.461 e. The number of amides is 2. The van der Waals surface area contributed by atoms with Crippen LogP contribution in [0.2, 0.25) is 5.02 Å². The molecule has 0 spiro atoms. The number of urea groups is 1. The maximum atomic E-state index is 12.0. The Morgan fingerprint density at radius 3 is 2.65 bits per heavy atom. The molecule has 1 aliphatic heterocycles. The van der Waals surface area contributed by atoms with Gasteiger partial charge in [-0.05, 0) is 37.1 Å². The van der Waals surface area contributed by atoms with Crippen LogP contribution in [-0.4, -0.2) is 32.7 Å². The highest BCUT2D eigenvalue weighted by molar-refractivity contribution is 6.31. The number of carbonyl (C=O) groups is 2. The van der Waals surface area contributed by atoms with Gasteiger partial charge in [-0.25, -0.2) is 9.59 Å². The quantitative estimate of drug-likeness (QED) is 0.828. The Labute approximate surface area is 140 Å². The van der Waals surface area contributed by atoms with E-state index in [4.69, 9.17) is 16.3 Å². The average Bonchev–Trinajstić information content (AvgIpc) is 2.49. The fourth-order valence-electron chi connectivity index (χ4n) is 2.39. The molecule has 1 aromatic carbocycles. The van der Waals surface area contributed by atoms with Crippen molar-refractivity contribution in [1.82, 2.24) is 10.6 Å². The highest BCUT2D eigenvalue weighted by atomic mass is 35.5. The van der Waals surface area contributed by atoms with Gasteiger partial charge in [-0.3, -0.25) is 0 Å². The topological polar surface area (TPSA) is 70.7 Å². The number of hydrogen-bond acceptors (Lipinski definition) is 4. The summed E-state index contributed by atoms with van der Waals surface area (Å²) < 4.78 is 4.99. The van der Waals surface area contributed by atoms with Crippen molar-refractivity contribution in [3.05, 3.63) is 40.1 Å². The van der Waals surface area contributed by atoms with Crippen LogP contribution in [0.5, 0.6) is 0 Å². The number of esters is 1. The molecule has 2 amide bonds. The lowest BCUT2D eigenvalue weighted by Gasteiger charge is -2.28. The predicted octanol–water partition coefficient (Wildman–Crippen LogP) is 2.60. The number of hydrogen-bond donors (Lipinski definition) is 2. The van der Waals surface area contributed by atoms with Crippen LogP contribution < -0.4 is 15.5 Å². The van der Waals surface area contributed by atoms with Crippen molar-refractivity contribution in [2.45, 2.75) is 19.9 Å². The van der Waals surface area contributed by atoms with E-state index in [1.54, 1.807) is 13.8 Å². The summed E-state index contributed by atoms with van der Waals surface area (Å²) in [5.41, 5.74) is 2.49. The molecule has 23 heavy (non-hydrogen) atoms. The van der Waals surface area contributed by atoms with Crippen molar-refractivity contribution in [3.63, 3.8) is 0 Å². The van der Waals surface area contributed by atoms with Gasteiger partial charge < -0.3 is 20.3 Å². The number of nitrogens with one attached hydrogen (secondary N) is 2. The maximum absolute atomic E-state index is 12.0. The Kier molecular flexibility index (Phi) is 5.15. The number of rotatable bonds is 4. The summed E-state index contributed by atoms with van der Waals surface area (Å²) in [5.74, 6) is -0.550. The lowest BCUT2D eigenvalue weighted by atomic mass is 9.96. The van der Waals surface area contributed by atoms with Crippen LogP contribution in [0.15, 0.2) is 29.5 Å². The highest BCUT2D eigenvalue weighted by Crippen LogP contribution is 2.33. The Morgan fingerprint density at radius 2 is 2.09 bits per heavy atom. The second-order valence-corrected chi connectivity index (χ2v) is 5.82. The minimum Gasteiger partial charge on any atom is -0.461 e. The summed E-state index contributed by atoms with van der Waals surface area (Å²) in [6, 6.07) is 4.64. The number of halogens is 1. The van der Waals surface area contributed by atoms with Crippen molar-refractivity contribution in [1.29, 1.82) is 0 Å². The van der Waals surface area contributed by atoms with Crippen LogP contribution in [-0.2, 0) is 9.53 Å². The second-order valence-electron chi connectivity index (χ2n) is 5.41. The molecule has 1 aliphatic rings. The molecule has 0 bridgehead atoms. The molecule has 2 rings (SSSR count). The summed E-state index contributed by atoms with van der Waals surface area (Å²) >= 11 is 6.37. The van der Waals surface area contributed by atoms with Crippen molar-refractivity contribution in [3.8, 4) is 0 Å². The minimum atomic E-state index is -0.550. The SMILES string of the molecule is CCOC(=O)C1=C(C)C(c2ccc(N(C)C)cc2Cl)NC(=O)N1. The normalized spacial score (nSPS) is 17.4. The monoisotopic (exact) mass is 337 g/mol. The molecule has 1 unspecified atom stereocenters. The zero-order valence-electron chi connectivity index (χ0n) is 13.6. The first-order valence-corrected chi connectivity index (χ1v) is 7.65. The molecular weight excluding hydrogens is 318 g/mol. The number of benzene rings is 1. The molecule has 0 radical (unpaired) electrons. The smallest absolute Gasteiger partial charge is 0.354 e. The third-order valence-electron chi connectivity index (χ3n) is 3.63. The van der Waals surface area contributed by atoms with Crippen molar-refractivity contribution < 1.29 is 14.3 Å². The fraction of sp³-hybridized carbons (Fsp3) is 0.375. The molecule has 0 aromatic heterocycles. The molecule has 0 saturated heterocycles. The maximum Gasteiger partial charge on any atom is 0.354 e. The Balaban J connectivity index is 2.43. The van der Waals surface area contributed by atoms with Crippen LogP contribution >= 0.6 is 11.6 Å². The third-order valence-corrected chi connectivity index (χ3v) is 3.96. The van der Waals surface area contributed by atoms with E-state index >= 15 is 0 Å². The Hall–Kier alpha value is -2.21. The van der Waals surface area contributed by atoms with Gasteiger partial charge in [0, 0.05) is 24.8 Å². The highest BCUT2D eigenvalue weighted by Gasteiger charge is 2.30. The molecule has 1 atom stereocenters. The van der Waals surface area contributed by atoms with Gasteiger partial charge in [0.1, 0.15) is 5.70 Å². The number of anilines is 1. The summed E-state index contributed by atoms with van der Waals surface area (Å²) in [6.45, 7) is 3.71. The van der Waals surface area contributed by atoms with Gasteiger partial charge in [0.2, 0.25) is 0 Å². The van der Waals surface area contributed by atoms with Gasteiger partial charge in [0.15, 0.2) is 0 Å². The first-order valence-electron chi connectivity index (χ1n) is 7.27. The summed E-state index contributed by atoms with van der Waals surface area (Å²) in [5, 5.41) is 5.81. The zero-order valence-corrected chi connectivity index (χ0v) is 14.3. The van der Waals surface area contributed by atoms with Crippen LogP contribution in [0.1, 0.15) is 25.5 Å². The average molecular weight is 338 g/mol. The molecule has 1 aromatic rings. The van der Waals surface area contributed by atoms with E-state index in [-0.39, 0.29) is 12.3 Å². The zero-order chi connectivity index (χ0) is 17.1. The fourth-order valence-corrected chi connectivity index (χ4v) is 2.67. The van der Waals surface area contributed by atoms with Gasteiger partial charge in [0.25, 0.3) is 0 Å². The van der Waals surface area contributed by atoms with Crippen molar-refractivity contribution in [2.24, 2.45) is 0 Å². The Morgan fingerprint density at radius 1 is 1.39 bits per heavy atom. The third kappa shape index (κ3) is 3.59. The van der Waals surface area contributed by atoms with Crippen LogP contribution in [0.4, 0.5) is 10.5 Å². The second kappa shape index (κ2) is 6.91. The lowest BCUT2D eigenvalue weighted by Crippen LogP contribution is -2.45. The van der Waals surface area contributed by atoms with Gasteiger partial charge in [-0.2, -0.15) is 0 Å². The van der Waals surface area contributed by atoms with Crippen LogP contribution in [0.3, 0.4) is 0 Å². The van der Waals surface area contributed by atoms with E-state index in [1.807, 2.05) is 37.2 Å². The van der Waals surface area contributed by atoms with Gasteiger partial charge in [-0.15, -0.1) is 0 Å². The molecule has 0 saturated carbocycles. The van der Waals surface area contributed by atoms with Crippen LogP contribution in [0.25, 0.3) is 0 Å². The summed E-state index contributed by atoms with van der Waals surface area (Å²) in [4.78, 5) is 25.8. The van der Waals surface area contributed by atoms with Crippen molar-refractivity contribution in [2.75, 3.05) is 25.6 Å². The lowest BCUT2D eigenvalue weighted by molar-refractivity contribution is -0.139. The minimum absolute atomic E-state index is 0.161.